The molecule has 0 atom stereocenters. The number of aromatic nitrogens is 2. The van der Waals surface area contributed by atoms with Crippen molar-refractivity contribution < 1.29 is 19.4 Å². The fourth-order valence-electron chi connectivity index (χ4n) is 2.41. The molecular weight excluding hydrogens is 312 g/mol. The van der Waals surface area contributed by atoms with Gasteiger partial charge in [0, 0.05) is 6.07 Å². The number of methoxy groups -OCH3 is 1. The number of aromatic amines is 2. The lowest BCUT2D eigenvalue weighted by molar-refractivity contribution is -0.384. The Hall–Kier alpha value is -3.42. The van der Waals surface area contributed by atoms with Crippen LogP contribution in [0.5, 0.6) is 0 Å². The number of nitrogens with zero attached hydrogens (tertiary/aromatic N) is 1. The number of fused-ring (bicyclic) bond motifs is 1. The quantitative estimate of drug-likeness (QED) is 0.424. The van der Waals surface area contributed by atoms with Gasteiger partial charge in [0.15, 0.2) is 11.0 Å². The molecule has 3 rings (SSSR count). The Kier molecular flexibility index (Phi) is 4.11. The molecule has 0 saturated carbocycles. The fraction of sp³-hybridized carbons (Fsp3) is 0.125. The third kappa shape index (κ3) is 3.02. The number of hydrogen-bond donors (Lipinski definition) is 2. The third-order valence-corrected chi connectivity index (χ3v) is 3.57. The van der Waals surface area contributed by atoms with Crippen LogP contribution in [0.2, 0.25) is 0 Å². The molecule has 8 heteroatoms. The maximum Gasteiger partial charge on any atom is 0.337 e. The van der Waals surface area contributed by atoms with E-state index in [2.05, 4.69) is 20.0 Å². The van der Waals surface area contributed by atoms with Crippen molar-refractivity contribution in [3.8, 4) is 0 Å². The number of nitro groups is 1. The van der Waals surface area contributed by atoms with Gasteiger partial charge in [0.25, 0.3) is 11.5 Å². The number of nitrogens with one attached hydrogen (secondary N) is 3. The third-order valence-electron chi connectivity index (χ3n) is 3.57. The molecule has 0 amide bonds. The molecule has 0 fully saturated rings. The SMILES string of the molecule is COC(=O)c1ccc([N+](=O)[O-])c(NCc2[nH]c3ccccc3[nH+]2)c1. The Morgan fingerprint density at radius 3 is 2.83 bits per heavy atom. The smallest absolute Gasteiger partial charge is 0.337 e. The molecule has 122 valence electrons. The number of esters is 1. The lowest BCUT2D eigenvalue weighted by Gasteiger charge is -2.06. The number of H-pyrrole nitrogens is 2. The Morgan fingerprint density at radius 1 is 1.33 bits per heavy atom. The molecule has 0 aliphatic rings. The minimum Gasteiger partial charge on any atom is -0.465 e. The van der Waals surface area contributed by atoms with Gasteiger partial charge < -0.3 is 10.1 Å². The van der Waals surface area contributed by atoms with Crippen LogP contribution in [0.3, 0.4) is 0 Å². The second-order valence-corrected chi connectivity index (χ2v) is 5.11. The molecule has 3 aromatic rings. The minimum absolute atomic E-state index is 0.112. The standard InChI is InChI=1S/C16H14N4O4/c1-24-16(21)10-6-7-14(20(22)23)13(8-10)17-9-15-18-11-4-2-3-5-12(11)19-15/h2-8,17H,9H2,1H3,(H,18,19)/p+1. The Morgan fingerprint density at radius 2 is 2.12 bits per heavy atom. The lowest BCUT2D eigenvalue weighted by atomic mass is 10.1. The second-order valence-electron chi connectivity index (χ2n) is 5.11. The van der Waals surface area contributed by atoms with Crippen LogP contribution in [-0.2, 0) is 11.3 Å². The van der Waals surface area contributed by atoms with Gasteiger partial charge in [-0.05, 0) is 24.3 Å². The van der Waals surface area contributed by atoms with Crippen molar-refractivity contribution in [3.05, 3.63) is 64.0 Å². The van der Waals surface area contributed by atoms with Crippen LogP contribution < -0.4 is 10.3 Å². The molecule has 0 saturated heterocycles. The highest BCUT2D eigenvalue weighted by Crippen LogP contribution is 2.26. The molecule has 1 aromatic heterocycles. The molecule has 8 nitrogen and oxygen atoms in total. The summed E-state index contributed by atoms with van der Waals surface area (Å²) in [6.07, 6.45) is 0. The Balaban J connectivity index is 1.87. The summed E-state index contributed by atoms with van der Waals surface area (Å²) in [6.45, 7) is 0.306. The van der Waals surface area contributed by atoms with Crippen molar-refractivity contribution in [2.75, 3.05) is 12.4 Å². The highest BCUT2D eigenvalue weighted by atomic mass is 16.6. The first kappa shape index (κ1) is 15.5. The fourth-order valence-corrected chi connectivity index (χ4v) is 2.41. The van der Waals surface area contributed by atoms with E-state index >= 15 is 0 Å². The summed E-state index contributed by atoms with van der Waals surface area (Å²) in [5.41, 5.74) is 2.25. The summed E-state index contributed by atoms with van der Waals surface area (Å²) in [6, 6.07) is 11.7. The van der Waals surface area contributed by atoms with Crippen LogP contribution in [0.4, 0.5) is 11.4 Å². The van der Waals surface area contributed by atoms with Gasteiger partial charge >= 0.3 is 5.97 Å². The highest BCUT2D eigenvalue weighted by Gasteiger charge is 2.18. The van der Waals surface area contributed by atoms with Crippen LogP contribution in [-0.4, -0.2) is 23.0 Å². The zero-order valence-electron chi connectivity index (χ0n) is 12.8. The minimum atomic E-state index is -0.551. The summed E-state index contributed by atoms with van der Waals surface area (Å²) in [5.74, 6) is 0.207. The number of hydrogen-bond acceptors (Lipinski definition) is 5. The summed E-state index contributed by atoms with van der Waals surface area (Å²) in [4.78, 5) is 28.6. The molecule has 24 heavy (non-hydrogen) atoms. The zero-order chi connectivity index (χ0) is 17.1. The van der Waals surface area contributed by atoms with Crippen molar-refractivity contribution >= 4 is 28.4 Å². The van der Waals surface area contributed by atoms with Gasteiger partial charge in [0.2, 0.25) is 0 Å². The number of ether oxygens (including phenoxy) is 1. The molecule has 2 aromatic carbocycles. The average Bonchev–Trinajstić information content (AvgIpc) is 3.01. The average molecular weight is 327 g/mol. The van der Waals surface area contributed by atoms with E-state index in [0.717, 1.165) is 16.9 Å². The number of carbonyl (C=O) groups excluding carboxylic acids is 1. The number of benzene rings is 2. The van der Waals surface area contributed by atoms with Gasteiger partial charge in [-0.25, -0.2) is 14.8 Å². The number of imidazole rings is 1. The van der Waals surface area contributed by atoms with E-state index in [0.29, 0.717) is 6.54 Å². The molecule has 0 bridgehead atoms. The predicted octanol–water partition coefficient (Wildman–Crippen LogP) is 2.29. The maximum absolute atomic E-state index is 11.6. The number of para-hydroxylation sites is 2. The monoisotopic (exact) mass is 327 g/mol. The van der Waals surface area contributed by atoms with Crippen LogP contribution in [0.15, 0.2) is 42.5 Å². The molecule has 3 N–H and O–H groups in total. The molecule has 0 radical (unpaired) electrons. The maximum atomic E-state index is 11.6. The van der Waals surface area contributed by atoms with Gasteiger partial charge in [0.05, 0.1) is 17.6 Å². The van der Waals surface area contributed by atoms with Crippen LogP contribution in [0, 0.1) is 10.1 Å². The van der Waals surface area contributed by atoms with E-state index in [1.54, 1.807) is 0 Å². The second kappa shape index (κ2) is 6.37. The molecule has 0 spiro atoms. The number of rotatable bonds is 5. The topological polar surface area (TPSA) is 111 Å². The van der Waals surface area contributed by atoms with Gasteiger partial charge in [-0.1, -0.05) is 12.1 Å². The van der Waals surface area contributed by atoms with Crippen molar-refractivity contribution in [3.63, 3.8) is 0 Å². The summed E-state index contributed by atoms with van der Waals surface area (Å²) in [5, 5.41) is 14.1. The zero-order valence-corrected chi connectivity index (χ0v) is 12.8. The van der Waals surface area contributed by atoms with Crippen LogP contribution in [0.25, 0.3) is 11.0 Å². The van der Waals surface area contributed by atoms with Gasteiger partial charge in [0.1, 0.15) is 12.2 Å². The first-order valence-corrected chi connectivity index (χ1v) is 7.18. The van der Waals surface area contributed by atoms with Crippen molar-refractivity contribution in [1.82, 2.24) is 4.98 Å². The first-order valence-electron chi connectivity index (χ1n) is 7.18. The molecule has 1 heterocycles. The number of anilines is 1. The Labute approximate surface area is 136 Å². The lowest BCUT2D eigenvalue weighted by Crippen LogP contribution is -2.13. The van der Waals surface area contributed by atoms with Crippen LogP contribution in [0.1, 0.15) is 16.2 Å². The molecule has 0 unspecified atom stereocenters. The highest BCUT2D eigenvalue weighted by molar-refractivity contribution is 5.91. The summed E-state index contributed by atoms with van der Waals surface area (Å²) in [7, 11) is 1.26. The van der Waals surface area contributed by atoms with E-state index in [9.17, 15) is 14.9 Å². The van der Waals surface area contributed by atoms with Crippen molar-refractivity contribution in [2.24, 2.45) is 0 Å². The largest absolute Gasteiger partial charge is 0.465 e. The van der Waals surface area contributed by atoms with Crippen molar-refractivity contribution in [1.29, 1.82) is 0 Å². The number of carbonyl (C=O) groups is 1. The van der Waals surface area contributed by atoms with Gasteiger partial charge in [-0.2, -0.15) is 0 Å². The van der Waals surface area contributed by atoms with E-state index in [4.69, 9.17) is 0 Å². The van der Waals surface area contributed by atoms with E-state index in [1.807, 2.05) is 24.3 Å². The molecule has 0 aliphatic carbocycles. The van der Waals surface area contributed by atoms with Crippen molar-refractivity contribution in [2.45, 2.75) is 6.54 Å². The van der Waals surface area contributed by atoms with E-state index in [-0.39, 0.29) is 16.9 Å². The number of nitro benzene ring substituents is 1. The van der Waals surface area contributed by atoms with Gasteiger partial charge in [-0.15, -0.1) is 0 Å². The summed E-state index contributed by atoms with van der Waals surface area (Å²) >= 11 is 0. The molecular formula is C16H15N4O4+. The molecule has 0 aliphatic heterocycles. The Bertz CT molecular complexity index is 886. The van der Waals surface area contributed by atoms with Gasteiger partial charge in [-0.3, -0.25) is 10.1 Å². The first-order chi connectivity index (χ1) is 11.6. The van der Waals surface area contributed by atoms with E-state index < -0.39 is 10.9 Å². The normalized spacial score (nSPS) is 10.5. The summed E-state index contributed by atoms with van der Waals surface area (Å²) < 4.78 is 4.65. The van der Waals surface area contributed by atoms with Crippen LogP contribution >= 0.6 is 0 Å². The van der Waals surface area contributed by atoms with E-state index in [1.165, 1.54) is 25.3 Å². The predicted molar refractivity (Wildman–Crippen MR) is 86.6 cm³/mol.